The molecule has 0 saturated heterocycles. The lowest BCUT2D eigenvalue weighted by molar-refractivity contribution is 0.270. The van der Waals surface area contributed by atoms with E-state index in [1.54, 1.807) is 12.1 Å². The average Bonchev–Trinajstić information content (AvgIpc) is 2.12. The number of nitrogen functional groups attached to an aromatic ring is 1. The molecule has 0 unspecified atom stereocenters. The molecule has 0 fully saturated rings. The molecule has 1 aliphatic rings. The third-order valence-electron chi connectivity index (χ3n) is 2.22. The van der Waals surface area contributed by atoms with Gasteiger partial charge in [-0.25, -0.2) is 0 Å². The second kappa shape index (κ2) is 4.26. The van der Waals surface area contributed by atoms with Gasteiger partial charge in [0, 0.05) is 23.0 Å². The van der Waals surface area contributed by atoms with E-state index < -0.39 is 0 Å². The smallest absolute Gasteiger partial charge is 0.148 e. The number of halogens is 2. The topological polar surface area (TPSA) is 61.3 Å². The second-order valence-electron chi connectivity index (χ2n) is 3.12. The first kappa shape index (κ1) is 11.4. The lowest BCUT2D eigenvalue weighted by Gasteiger charge is -2.24. The van der Waals surface area contributed by atoms with Gasteiger partial charge in [-0.05, 0) is 12.1 Å². The van der Waals surface area contributed by atoms with E-state index in [4.69, 9.17) is 27.8 Å². The predicted octanol–water partition coefficient (Wildman–Crippen LogP) is 2.13. The minimum atomic E-state index is -0.0558. The van der Waals surface area contributed by atoms with Crippen LogP contribution in [0.2, 0.25) is 5.02 Å². The molecule has 0 amide bonds. The van der Waals surface area contributed by atoms with E-state index in [9.17, 15) is 0 Å². The van der Waals surface area contributed by atoms with Crippen molar-refractivity contribution in [1.29, 1.82) is 0 Å². The molecule has 0 radical (unpaired) electrons. The van der Waals surface area contributed by atoms with Gasteiger partial charge < -0.3 is 16.2 Å². The van der Waals surface area contributed by atoms with Gasteiger partial charge in [-0.3, -0.25) is 0 Å². The van der Waals surface area contributed by atoms with Crippen LogP contribution in [0.4, 0.5) is 5.69 Å². The minimum Gasteiger partial charge on any atom is -0.491 e. The summed E-state index contributed by atoms with van der Waals surface area (Å²) >= 11 is 5.99. The summed E-state index contributed by atoms with van der Waals surface area (Å²) in [4.78, 5) is 0. The Bertz CT molecular complexity index is 344. The highest BCUT2D eigenvalue weighted by atomic mass is 35.5. The largest absolute Gasteiger partial charge is 0.491 e. The van der Waals surface area contributed by atoms with Gasteiger partial charge in [0.05, 0.1) is 12.3 Å². The van der Waals surface area contributed by atoms with Crippen molar-refractivity contribution in [2.75, 3.05) is 12.3 Å². The summed E-state index contributed by atoms with van der Waals surface area (Å²) in [6.45, 7) is 0.610. The van der Waals surface area contributed by atoms with Crippen LogP contribution in [0.1, 0.15) is 18.0 Å². The summed E-state index contributed by atoms with van der Waals surface area (Å²) in [5.41, 5.74) is 13.1. The summed E-state index contributed by atoms with van der Waals surface area (Å²) < 4.78 is 5.42. The zero-order valence-electron chi connectivity index (χ0n) is 7.50. The van der Waals surface area contributed by atoms with E-state index in [1.165, 1.54) is 0 Å². The number of ether oxygens (including phenoxy) is 1. The zero-order chi connectivity index (χ0) is 9.42. The molecule has 0 aliphatic carbocycles. The molecular formula is C9H12Cl2N2O. The summed E-state index contributed by atoms with van der Waals surface area (Å²) in [5, 5.41) is 0.636. The summed E-state index contributed by atoms with van der Waals surface area (Å²) in [6.07, 6.45) is 0.788. The van der Waals surface area contributed by atoms with Crippen LogP contribution in [-0.2, 0) is 0 Å². The third kappa shape index (κ3) is 1.75. The Kier molecular flexibility index (Phi) is 3.48. The van der Waals surface area contributed by atoms with E-state index in [-0.39, 0.29) is 18.4 Å². The fourth-order valence-corrected chi connectivity index (χ4v) is 1.82. The number of anilines is 1. The molecule has 4 N–H and O–H groups in total. The average molecular weight is 235 g/mol. The van der Waals surface area contributed by atoms with Crippen LogP contribution in [-0.4, -0.2) is 6.61 Å². The highest BCUT2D eigenvalue weighted by Gasteiger charge is 2.22. The Morgan fingerprint density at radius 3 is 2.79 bits per heavy atom. The maximum absolute atomic E-state index is 5.99. The molecule has 1 aromatic rings. The molecule has 0 bridgehead atoms. The van der Waals surface area contributed by atoms with Gasteiger partial charge in [0.15, 0.2) is 0 Å². The molecule has 1 atom stereocenters. The SMILES string of the molecule is Cl.Nc1ccc(Cl)c2c1OCC[C@H]2N. The number of hydrogen-bond acceptors (Lipinski definition) is 3. The van der Waals surface area contributed by atoms with Gasteiger partial charge >= 0.3 is 0 Å². The second-order valence-corrected chi connectivity index (χ2v) is 3.53. The molecule has 5 heteroatoms. The van der Waals surface area contributed by atoms with Crippen molar-refractivity contribution in [3.05, 3.63) is 22.7 Å². The van der Waals surface area contributed by atoms with Crippen LogP contribution >= 0.6 is 24.0 Å². The molecule has 1 aromatic carbocycles. The molecule has 3 nitrogen and oxygen atoms in total. The number of hydrogen-bond donors (Lipinski definition) is 2. The first-order chi connectivity index (χ1) is 6.20. The van der Waals surface area contributed by atoms with Crippen LogP contribution in [0, 0.1) is 0 Å². The Morgan fingerprint density at radius 2 is 2.14 bits per heavy atom. The maximum atomic E-state index is 5.99. The molecule has 0 aromatic heterocycles. The van der Waals surface area contributed by atoms with Crippen molar-refractivity contribution < 1.29 is 4.74 Å². The highest BCUT2D eigenvalue weighted by molar-refractivity contribution is 6.31. The van der Waals surface area contributed by atoms with Crippen molar-refractivity contribution in [2.24, 2.45) is 5.73 Å². The van der Waals surface area contributed by atoms with E-state index >= 15 is 0 Å². The molecule has 1 heterocycles. The van der Waals surface area contributed by atoms with Crippen molar-refractivity contribution in [1.82, 2.24) is 0 Å². The first-order valence-electron chi connectivity index (χ1n) is 4.16. The van der Waals surface area contributed by atoms with Crippen molar-refractivity contribution in [3.8, 4) is 5.75 Å². The van der Waals surface area contributed by atoms with Crippen LogP contribution in [0.5, 0.6) is 5.75 Å². The van der Waals surface area contributed by atoms with Crippen molar-refractivity contribution >= 4 is 29.7 Å². The van der Waals surface area contributed by atoms with Crippen molar-refractivity contribution in [2.45, 2.75) is 12.5 Å². The van der Waals surface area contributed by atoms with Crippen LogP contribution in [0.25, 0.3) is 0 Å². The first-order valence-corrected chi connectivity index (χ1v) is 4.54. The molecule has 14 heavy (non-hydrogen) atoms. The Labute approximate surface area is 93.8 Å². The summed E-state index contributed by atoms with van der Waals surface area (Å²) in [6, 6.07) is 3.43. The van der Waals surface area contributed by atoms with Crippen LogP contribution in [0.15, 0.2) is 12.1 Å². The summed E-state index contributed by atoms with van der Waals surface area (Å²) in [7, 11) is 0. The monoisotopic (exact) mass is 234 g/mol. The van der Waals surface area contributed by atoms with Gasteiger partial charge in [-0.2, -0.15) is 0 Å². The van der Waals surface area contributed by atoms with Gasteiger partial charge in [0.2, 0.25) is 0 Å². The van der Waals surface area contributed by atoms with E-state index in [2.05, 4.69) is 0 Å². The zero-order valence-corrected chi connectivity index (χ0v) is 9.07. The molecule has 1 aliphatic heterocycles. The Balaban J connectivity index is 0.000000980. The standard InChI is InChI=1S/C9H11ClN2O.ClH/c10-5-1-2-7(12)9-8(5)6(11)3-4-13-9;/h1-2,6H,3-4,11-12H2;1H/t6-;/m1./s1. The van der Waals surface area contributed by atoms with Gasteiger partial charge in [-0.1, -0.05) is 11.6 Å². The normalized spacial score (nSPS) is 19.1. The Hall–Kier alpha value is -0.640. The fraction of sp³-hybridized carbons (Fsp3) is 0.333. The lowest BCUT2D eigenvalue weighted by Crippen LogP contribution is -2.21. The molecule has 78 valence electrons. The Morgan fingerprint density at radius 1 is 1.43 bits per heavy atom. The maximum Gasteiger partial charge on any atom is 0.148 e. The molecule has 0 spiro atoms. The lowest BCUT2D eigenvalue weighted by atomic mass is 10.0. The van der Waals surface area contributed by atoms with Crippen LogP contribution < -0.4 is 16.2 Å². The minimum absolute atomic E-state index is 0. The van der Waals surface area contributed by atoms with Gasteiger partial charge in [-0.15, -0.1) is 12.4 Å². The molecule has 0 saturated carbocycles. The van der Waals surface area contributed by atoms with Crippen molar-refractivity contribution in [3.63, 3.8) is 0 Å². The number of nitrogens with two attached hydrogens (primary N) is 2. The van der Waals surface area contributed by atoms with Gasteiger partial charge in [0.25, 0.3) is 0 Å². The van der Waals surface area contributed by atoms with E-state index in [1.807, 2.05) is 0 Å². The summed E-state index contributed by atoms with van der Waals surface area (Å²) in [5.74, 6) is 0.659. The van der Waals surface area contributed by atoms with E-state index in [0.29, 0.717) is 23.1 Å². The fourth-order valence-electron chi connectivity index (χ4n) is 1.53. The predicted molar refractivity (Wildman–Crippen MR) is 60.2 cm³/mol. The number of benzene rings is 1. The molecular weight excluding hydrogens is 223 g/mol. The number of fused-ring (bicyclic) bond motifs is 1. The molecule has 2 rings (SSSR count). The number of rotatable bonds is 0. The van der Waals surface area contributed by atoms with E-state index in [0.717, 1.165) is 12.0 Å². The quantitative estimate of drug-likeness (QED) is 0.677. The highest BCUT2D eigenvalue weighted by Crippen LogP contribution is 2.39. The third-order valence-corrected chi connectivity index (χ3v) is 2.55. The van der Waals surface area contributed by atoms with Gasteiger partial charge in [0.1, 0.15) is 5.75 Å². The van der Waals surface area contributed by atoms with Crippen LogP contribution in [0.3, 0.4) is 0 Å².